The lowest BCUT2D eigenvalue weighted by atomic mass is 10.0. The van der Waals surface area contributed by atoms with Crippen molar-refractivity contribution in [3.05, 3.63) is 18.2 Å². The molecule has 0 spiro atoms. The van der Waals surface area contributed by atoms with Crippen LogP contribution in [0.2, 0.25) is 0 Å². The Kier molecular flexibility index (Phi) is 5.68. The summed E-state index contributed by atoms with van der Waals surface area (Å²) in [7, 11) is 2.01. The number of alkyl carbamates (subject to hydrolysis) is 1. The maximum absolute atomic E-state index is 11.8. The van der Waals surface area contributed by atoms with Gasteiger partial charge in [0.25, 0.3) is 0 Å². The number of rotatable bonds is 5. The molecule has 1 amide bonds. The lowest BCUT2D eigenvalue weighted by Gasteiger charge is -2.26. The molecule has 2 N–H and O–H groups in total. The maximum Gasteiger partial charge on any atom is 0.407 e. The fourth-order valence-electron chi connectivity index (χ4n) is 3.22. The van der Waals surface area contributed by atoms with Crippen LogP contribution >= 0.6 is 0 Å². The predicted molar refractivity (Wildman–Crippen MR) is 90.1 cm³/mol. The highest BCUT2D eigenvalue weighted by Gasteiger charge is 2.29. The number of carbonyl (C=O) groups is 1. The molecular weight excluding hydrogens is 292 g/mol. The quantitative estimate of drug-likeness (QED) is 0.874. The first kappa shape index (κ1) is 17.8. The SMILES string of the molecule is CC(NC1CCCC1CNC(=O)OC(C)(C)C)c1nccn1C. The molecule has 2 rings (SSSR count). The largest absolute Gasteiger partial charge is 0.444 e. The number of hydrogen-bond acceptors (Lipinski definition) is 4. The first-order chi connectivity index (χ1) is 10.8. The number of aryl methyl sites for hydroxylation is 1. The summed E-state index contributed by atoms with van der Waals surface area (Å²) < 4.78 is 7.35. The Bertz CT molecular complexity index is 521. The Morgan fingerprint density at radius 3 is 2.83 bits per heavy atom. The van der Waals surface area contributed by atoms with E-state index in [1.807, 2.05) is 44.8 Å². The number of nitrogens with zero attached hydrogens (tertiary/aromatic N) is 2. The van der Waals surface area contributed by atoms with Gasteiger partial charge in [-0.3, -0.25) is 0 Å². The van der Waals surface area contributed by atoms with Crippen molar-refractivity contribution in [1.82, 2.24) is 20.2 Å². The second-order valence-corrected chi connectivity index (χ2v) is 7.46. The van der Waals surface area contributed by atoms with Gasteiger partial charge in [-0.15, -0.1) is 0 Å². The molecule has 6 heteroatoms. The summed E-state index contributed by atoms with van der Waals surface area (Å²) in [6, 6.07) is 0.596. The summed E-state index contributed by atoms with van der Waals surface area (Å²) in [5.41, 5.74) is -0.454. The normalized spacial score (nSPS) is 22.8. The van der Waals surface area contributed by atoms with Gasteiger partial charge in [-0.25, -0.2) is 9.78 Å². The topological polar surface area (TPSA) is 68.2 Å². The Hall–Kier alpha value is -1.56. The minimum absolute atomic E-state index is 0.196. The van der Waals surface area contributed by atoms with Crippen molar-refractivity contribution >= 4 is 6.09 Å². The minimum Gasteiger partial charge on any atom is -0.444 e. The van der Waals surface area contributed by atoms with Crippen molar-refractivity contribution in [2.24, 2.45) is 13.0 Å². The van der Waals surface area contributed by atoms with Crippen LogP contribution in [0.3, 0.4) is 0 Å². The van der Waals surface area contributed by atoms with Gasteiger partial charge in [0.05, 0.1) is 6.04 Å². The number of carbonyl (C=O) groups excluding carboxylic acids is 1. The van der Waals surface area contributed by atoms with E-state index >= 15 is 0 Å². The second kappa shape index (κ2) is 7.34. The van der Waals surface area contributed by atoms with Crippen molar-refractivity contribution in [2.45, 2.75) is 64.6 Å². The molecule has 0 aliphatic heterocycles. The van der Waals surface area contributed by atoms with Gasteiger partial charge < -0.3 is 19.9 Å². The highest BCUT2D eigenvalue weighted by atomic mass is 16.6. The van der Waals surface area contributed by atoms with Crippen LogP contribution in [0.5, 0.6) is 0 Å². The van der Waals surface area contributed by atoms with Crippen LogP contribution < -0.4 is 10.6 Å². The number of aromatic nitrogens is 2. The summed E-state index contributed by atoms with van der Waals surface area (Å²) in [6.45, 7) is 8.42. The second-order valence-electron chi connectivity index (χ2n) is 7.46. The van der Waals surface area contributed by atoms with E-state index in [4.69, 9.17) is 4.74 Å². The fraction of sp³-hybridized carbons (Fsp3) is 0.765. The van der Waals surface area contributed by atoms with Crippen molar-refractivity contribution < 1.29 is 9.53 Å². The Morgan fingerprint density at radius 1 is 1.48 bits per heavy atom. The third-order valence-electron chi connectivity index (χ3n) is 4.28. The van der Waals surface area contributed by atoms with Gasteiger partial charge in [-0.2, -0.15) is 0 Å². The zero-order chi connectivity index (χ0) is 17.0. The van der Waals surface area contributed by atoms with Crippen LogP contribution in [0.15, 0.2) is 12.4 Å². The summed E-state index contributed by atoms with van der Waals surface area (Å²) in [6.07, 6.45) is 6.90. The molecule has 0 bridgehead atoms. The lowest BCUT2D eigenvalue weighted by Crippen LogP contribution is -2.42. The van der Waals surface area contributed by atoms with Crippen molar-refractivity contribution in [3.8, 4) is 0 Å². The Labute approximate surface area is 139 Å². The average Bonchev–Trinajstić information content (AvgIpc) is 3.03. The molecule has 1 aliphatic rings. The molecule has 130 valence electrons. The van der Waals surface area contributed by atoms with Gasteiger partial charge in [-0.05, 0) is 46.5 Å². The Balaban J connectivity index is 1.83. The number of nitrogens with one attached hydrogen (secondary N) is 2. The van der Waals surface area contributed by atoms with Crippen LogP contribution in [-0.2, 0) is 11.8 Å². The first-order valence-corrected chi connectivity index (χ1v) is 8.46. The highest BCUT2D eigenvalue weighted by Crippen LogP contribution is 2.27. The third-order valence-corrected chi connectivity index (χ3v) is 4.28. The molecule has 0 aromatic carbocycles. The van der Waals surface area contributed by atoms with Gasteiger partial charge in [0, 0.05) is 32.0 Å². The molecule has 3 unspecified atom stereocenters. The van der Waals surface area contributed by atoms with E-state index in [0.717, 1.165) is 18.7 Å². The molecule has 6 nitrogen and oxygen atoms in total. The summed E-state index contributed by atoms with van der Waals surface area (Å²) >= 11 is 0. The van der Waals surface area contributed by atoms with Crippen LogP contribution in [0, 0.1) is 5.92 Å². The lowest BCUT2D eigenvalue weighted by molar-refractivity contribution is 0.0517. The molecule has 1 aromatic heterocycles. The third kappa shape index (κ3) is 5.23. The molecule has 1 aromatic rings. The van der Waals surface area contributed by atoms with Crippen LogP contribution in [0.4, 0.5) is 4.79 Å². The van der Waals surface area contributed by atoms with Gasteiger partial charge >= 0.3 is 6.09 Å². The van der Waals surface area contributed by atoms with Gasteiger partial charge in [-0.1, -0.05) is 6.42 Å². The highest BCUT2D eigenvalue weighted by molar-refractivity contribution is 5.67. The van der Waals surface area contributed by atoms with E-state index in [0.29, 0.717) is 18.5 Å². The van der Waals surface area contributed by atoms with Crippen LogP contribution in [-0.4, -0.2) is 33.8 Å². The van der Waals surface area contributed by atoms with Crippen molar-refractivity contribution in [1.29, 1.82) is 0 Å². The monoisotopic (exact) mass is 322 g/mol. The number of hydrogen-bond donors (Lipinski definition) is 2. The summed E-state index contributed by atoms with van der Waals surface area (Å²) in [5, 5.41) is 6.58. The molecule has 1 saturated carbocycles. The van der Waals surface area contributed by atoms with E-state index in [2.05, 4.69) is 22.5 Å². The zero-order valence-corrected chi connectivity index (χ0v) is 14.9. The van der Waals surface area contributed by atoms with E-state index in [1.54, 1.807) is 0 Å². The van der Waals surface area contributed by atoms with Crippen molar-refractivity contribution in [3.63, 3.8) is 0 Å². The smallest absolute Gasteiger partial charge is 0.407 e. The molecule has 0 radical (unpaired) electrons. The number of amides is 1. The molecular formula is C17H30N4O2. The van der Waals surface area contributed by atoms with Gasteiger partial charge in [0.1, 0.15) is 11.4 Å². The average molecular weight is 322 g/mol. The molecule has 1 fully saturated rings. The van der Waals surface area contributed by atoms with E-state index in [-0.39, 0.29) is 12.1 Å². The summed E-state index contributed by atoms with van der Waals surface area (Å²) in [5.74, 6) is 1.47. The van der Waals surface area contributed by atoms with Crippen molar-refractivity contribution in [2.75, 3.05) is 6.54 Å². The maximum atomic E-state index is 11.8. The number of ether oxygens (including phenoxy) is 1. The molecule has 3 atom stereocenters. The fourth-order valence-corrected chi connectivity index (χ4v) is 3.22. The molecule has 0 saturated heterocycles. The van der Waals surface area contributed by atoms with Crippen LogP contribution in [0.1, 0.15) is 58.8 Å². The van der Waals surface area contributed by atoms with Gasteiger partial charge in [0.2, 0.25) is 0 Å². The molecule has 1 heterocycles. The van der Waals surface area contributed by atoms with Crippen LogP contribution in [0.25, 0.3) is 0 Å². The zero-order valence-electron chi connectivity index (χ0n) is 14.9. The minimum atomic E-state index is -0.454. The predicted octanol–water partition coefficient (Wildman–Crippen LogP) is 2.76. The first-order valence-electron chi connectivity index (χ1n) is 8.46. The van der Waals surface area contributed by atoms with E-state index in [1.165, 1.54) is 6.42 Å². The van der Waals surface area contributed by atoms with Gasteiger partial charge in [0.15, 0.2) is 0 Å². The number of imidazole rings is 1. The van der Waals surface area contributed by atoms with E-state index < -0.39 is 5.60 Å². The van der Waals surface area contributed by atoms with E-state index in [9.17, 15) is 4.79 Å². The molecule has 23 heavy (non-hydrogen) atoms. The standard InChI is InChI=1S/C17H30N4O2/c1-12(15-18-9-10-21(15)5)20-14-8-6-7-13(14)11-19-16(22)23-17(2,3)4/h9-10,12-14,20H,6-8,11H2,1-5H3,(H,19,22). The molecule has 1 aliphatic carbocycles. The Morgan fingerprint density at radius 2 is 2.22 bits per heavy atom. The summed E-state index contributed by atoms with van der Waals surface area (Å²) in [4.78, 5) is 16.2.